The van der Waals surface area contributed by atoms with Crippen LogP contribution in [0.15, 0.2) is 11.7 Å². The van der Waals surface area contributed by atoms with E-state index in [4.69, 9.17) is 20.4 Å². The van der Waals surface area contributed by atoms with Gasteiger partial charge in [-0.1, -0.05) is 0 Å². The van der Waals surface area contributed by atoms with Crippen LogP contribution < -0.4 is 5.73 Å². The molecule has 5 heteroatoms. The smallest absolute Gasteiger partial charge is 0.318 e. The molecule has 0 spiro atoms. The van der Waals surface area contributed by atoms with Gasteiger partial charge in [0.1, 0.15) is 0 Å². The van der Waals surface area contributed by atoms with Crippen molar-refractivity contribution < 1.29 is 20.4 Å². The van der Waals surface area contributed by atoms with Gasteiger partial charge in [-0.2, -0.15) is 0 Å². The fourth-order valence-corrected chi connectivity index (χ4v) is 0.132. The van der Waals surface area contributed by atoms with Gasteiger partial charge in [-0.05, 0) is 0 Å². The van der Waals surface area contributed by atoms with Crippen LogP contribution in [0.4, 0.5) is 0 Å². The first-order valence-corrected chi connectivity index (χ1v) is 1.80. The summed E-state index contributed by atoms with van der Waals surface area (Å²) in [4.78, 5) is 0. The minimum absolute atomic E-state index is 1.04. The van der Waals surface area contributed by atoms with Crippen molar-refractivity contribution in [3.05, 3.63) is 11.7 Å². The molecule has 8 heavy (non-hydrogen) atoms. The highest BCUT2D eigenvalue weighted by molar-refractivity contribution is 4.93. The van der Waals surface area contributed by atoms with E-state index in [0.29, 0.717) is 0 Å². The zero-order valence-corrected chi connectivity index (χ0v) is 3.94. The lowest BCUT2D eigenvalue weighted by Gasteiger charge is -2.00. The summed E-state index contributed by atoms with van der Waals surface area (Å²) in [7, 11) is 0. The Balaban J connectivity index is 4.00. The van der Waals surface area contributed by atoms with E-state index in [1.807, 2.05) is 0 Å². The number of hydrogen-bond donors (Lipinski definition) is 5. The first kappa shape index (κ1) is 7.06. The molecule has 0 saturated carbocycles. The molecule has 0 aromatic rings. The van der Waals surface area contributed by atoms with Gasteiger partial charge in [0, 0.05) is 0 Å². The summed E-state index contributed by atoms with van der Waals surface area (Å²) in [6, 6.07) is 0. The summed E-state index contributed by atoms with van der Waals surface area (Å²) in [5.74, 6) is -2.40. The Morgan fingerprint density at radius 2 is 1.62 bits per heavy atom. The Morgan fingerprint density at radius 1 is 1.25 bits per heavy atom. The van der Waals surface area contributed by atoms with Crippen molar-refractivity contribution in [3.8, 4) is 0 Å². The van der Waals surface area contributed by atoms with Crippen molar-refractivity contribution in [1.82, 2.24) is 0 Å². The summed E-state index contributed by atoms with van der Waals surface area (Å²) in [5.41, 5.74) is 4.56. The number of aliphatic hydroxyl groups excluding tert-OH is 3. The molecule has 0 aromatic heterocycles. The number of aliphatic hydroxyl groups is 4. The maximum absolute atomic E-state index is 8.21. The number of nitrogens with two attached hydrogens (primary N) is 1. The van der Waals surface area contributed by atoms with E-state index < -0.39 is 17.9 Å². The predicted octanol–water partition coefficient (Wildman–Crippen LogP) is -0.893. The second kappa shape index (κ2) is 2.39. The minimum atomic E-state index is -1.72. The van der Waals surface area contributed by atoms with Crippen LogP contribution >= 0.6 is 0 Å². The van der Waals surface area contributed by atoms with Gasteiger partial charge in [0.2, 0.25) is 5.76 Å². The second-order valence-electron chi connectivity index (χ2n) is 1.15. The Morgan fingerprint density at radius 3 is 1.62 bits per heavy atom. The first-order chi connectivity index (χ1) is 3.55. The highest BCUT2D eigenvalue weighted by atomic mass is 16.5. The fraction of sp³-hybridized carbons (Fsp3) is 0.333. The zero-order valence-electron chi connectivity index (χ0n) is 3.94. The van der Waals surface area contributed by atoms with Crippen LogP contribution in [0.2, 0.25) is 0 Å². The summed E-state index contributed by atoms with van der Waals surface area (Å²) in [6.07, 6.45) is -1.72. The summed E-state index contributed by atoms with van der Waals surface area (Å²) >= 11 is 0. The van der Waals surface area contributed by atoms with Crippen LogP contribution in [-0.4, -0.2) is 26.7 Å². The van der Waals surface area contributed by atoms with Crippen molar-refractivity contribution >= 4 is 0 Å². The molecule has 1 atom stereocenters. The highest BCUT2D eigenvalue weighted by Gasteiger charge is 2.07. The van der Waals surface area contributed by atoms with E-state index in [9.17, 15) is 0 Å². The molecule has 6 N–H and O–H groups in total. The molecule has 0 bridgehead atoms. The van der Waals surface area contributed by atoms with E-state index in [0.717, 1.165) is 0 Å². The van der Waals surface area contributed by atoms with Crippen LogP contribution in [-0.2, 0) is 0 Å². The van der Waals surface area contributed by atoms with Gasteiger partial charge in [-0.25, -0.2) is 0 Å². The topological polar surface area (TPSA) is 107 Å². The van der Waals surface area contributed by atoms with E-state index in [-0.39, 0.29) is 0 Å². The maximum atomic E-state index is 8.21. The molecule has 0 amide bonds. The molecule has 0 aliphatic heterocycles. The van der Waals surface area contributed by atoms with Crippen LogP contribution in [0.3, 0.4) is 0 Å². The monoisotopic (exact) mass is 121 g/mol. The maximum Gasteiger partial charge on any atom is 0.318 e. The molecule has 0 rings (SSSR count). The summed E-state index contributed by atoms with van der Waals surface area (Å²) < 4.78 is 0. The van der Waals surface area contributed by atoms with E-state index >= 15 is 0 Å². The zero-order chi connectivity index (χ0) is 6.73. The van der Waals surface area contributed by atoms with Crippen molar-refractivity contribution in [3.63, 3.8) is 0 Å². The van der Waals surface area contributed by atoms with Crippen LogP contribution in [0.1, 0.15) is 0 Å². The molecule has 0 saturated heterocycles. The van der Waals surface area contributed by atoms with Crippen LogP contribution in [0, 0.1) is 0 Å². The summed E-state index contributed by atoms with van der Waals surface area (Å²) in [5, 5.41) is 32.2. The summed E-state index contributed by atoms with van der Waals surface area (Å²) in [6.45, 7) is 0. The van der Waals surface area contributed by atoms with E-state index in [2.05, 4.69) is 5.73 Å². The molecule has 0 heterocycles. The number of rotatable bonds is 1. The largest absolute Gasteiger partial charge is 0.503 e. The van der Waals surface area contributed by atoms with Gasteiger partial charge in [0.15, 0.2) is 6.23 Å². The Labute approximate surface area is 45.3 Å². The Bertz CT molecular complexity index is 104. The van der Waals surface area contributed by atoms with Gasteiger partial charge in [0.25, 0.3) is 0 Å². The lowest BCUT2D eigenvalue weighted by atomic mass is 10.5. The molecular weight excluding hydrogens is 114 g/mol. The third-order valence-electron chi connectivity index (χ3n) is 0.509. The van der Waals surface area contributed by atoms with Gasteiger partial charge < -0.3 is 20.4 Å². The van der Waals surface area contributed by atoms with Gasteiger partial charge in [0.05, 0.1) is 0 Å². The fourth-order valence-electron chi connectivity index (χ4n) is 0.132. The molecule has 0 aromatic carbocycles. The average Bonchev–Trinajstić information content (AvgIpc) is 1.64. The Kier molecular flexibility index (Phi) is 2.11. The third-order valence-corrected chi connectivity index (χ3v) is 0.509. The van der Waals surface area contributed by atoms with Gasteiger partial charge in [-0.3, -0.25) is 5.73 Å². The lowest BCUT2D eigenvalue weighted by molar-refractivity contribution is 0.100. The average molecular weight is 121 g/mol. The quantitative estimate of drug-likeness (QED) is 0.228. The molecule has 48 valence electrons. The number of hydrogen-bond acceptors (Lipinski definition) is 5. The van der Waals surface area contributed by atoms with E-state index in [1.165, 1.54) is 0 Å². The van der Waals surface area contributed by atoms with Crippen molar-refractivity contribution in [2.75, 3.05) is 0 Å². The lowest BCUT2D eigenvalue weighted by Crippen LogP contribution is -2.22. The predicted molar refractivity (Wildman–Crippen MR) is 25.1 cm³/mol. The van der Waals surface area contributed by atoms with Crippen LogP contribution in [0.25, 0.3) is 0 Å². The van der Waals surface area contributed by atoms with Crippen molar-refractivity contribution in [1.29, 1.82) is 0 Å². The highest BCUT2D eigenvalue weighted by Crippen LogP contribution is 1.93. The van der Waals surface area contributed by atoms with Crippen molar-refractivity contribution in [2.24, 2.45) is 5.73 Å². The third kappa shape index (κ3) is 1.67. The molecule has 0 radical (unpaired) electrons. The SMILES string of the molecule is NC(O)C(O)=C(O)O. The van der Waals surface area contributed by atoms with Crippen molar-refractivity contribution in [2.45, 2.75) is 6.23 Å². The normalized spacial score (nSPS) is 12.8. The second-order valence-corrected chi connectivity index (χ2v) is 1.15. The minimum Gasteiger partial charge on any atom is -0.503 e. The van der Waals surface area contributed by atoms with Crippen LogP contribution in [0.5, 0.6) is 0 Å². The van der Waals surface area contributed by atoms with E-state index in [1.54, 1.807) is 0 Å². The Hall–Kier alpha value is -0.940. The van der Waals surface area contributed by atoms with Gasteiger partial charge >= 0.3 is 5.95 Å². The first-order valence-electron chi connectivity index (χ1n) is 1.80. The molecular formula is C3H7NO4. The molecule has 0 fully saturated rings. The molecule has 0 aliphatic carbocycles. The molecule has 5 nitrogen and oxygen atoms in total. The van der Waals surface area contributed by atoms with Gasteiger partial charge in [-0.15, -0.1) is 0 Å². The molecule has 1 unspecified atom stereocenters. The standard InChI is InChI=1S/C3H7NO4/c4-2(6)1(5)3(7)8/h2,5-8H,4H2. The molecule has 0 aliphatic rings.